The molecule has 1 heterocycles. The van der Waals surface area contributed by atoms with Crippen LogP contribution in [0.15, 0.2) is 58.5 Å². The maximum absolute atomic E-state index is 13.8. The van der Waals surface area contributed by atoms with E-state index in [2.05, 4.69) is 4.98 Å². The number of hydrogen-bond acceptors (Lipinski definition) is 2. The first kappa shape index (κ1) is 13.2. The summed E-state index contributed by atoms with van der Waals surface area (Å²) in [5, 5.41) is 11.8. The molecule has 0 spiro atoms. The lowest BCUT2D eigenvalue weighted by Gasteiger charge is -2.11. The second kappa shape index (κ2) is 5.31. The van der Waals surface area contributed by atoms with Crippen molar-refractivity contribution in [2.24, 2.45) is 0 Å². The monoisotopic (exact) mass is 287 g/mol. The third-order valence-corrected chi connectivity index (χ3v) is 4.17. The number of H-pyrrole nitrogens is 1. The lowest BCUT2D eigenvalue weighted by Crippen LogP contribution is -1.98. The molecular formula is C16H14FNOS. The van der Waals surface area contributed by atoms with E-state index in [0.29, 0.717) is 5.56 Å². The van der Waals surface area contributed by atoms with Crippen molar-refractivity contribution >= 4 is 22.7 Å². The number of fused-ring (bicyclic) bond motifs is 1. The molecule has 0 aliphatic heterocycles. The summed E-state index contributed by atoms with van der Waals surface area (Å²) < 4.78 is 13.8. The second-order valence-electron chi connectivity index (χ2n) is 4.65. The van der Waals surface area contributed by atoms with Crippen LogP contribution in [0.25, 0.3) is 10.9 Å². The van der Waals surface area contributed by atoms with Crippen molar-refractivity contribution in [1.29, 1.82) is 0 Å². The van der Waals surface area contributed by atoms with Gasteiger partial charge in [-0.3, -0.25) is 0 Å². The third kappa shape index (κ3) is 2.44. The maximum Gasteiger partial charge on any atom is 0.130 e. The molecular weight excluding hydrogens is 273 g/mol. The summed E-state index contributed by atoms with van der Waals surface area (Å²) in [5.41, 5.74) is 1.39. The van der Waals surface area contributed by atoms with Crippen molar-refractivity contribution in [3.05, 3.63) is 59.9 Å². The summed E-state index contributed by atoms with van der Waals surface area (Å²) in [6.07, 6.45) is -0.830. The predicted molar refractivity (Wildman–Crippen MR) is 79.5 cm³/mol. The number of benzene rings is 2. The molecule has 2 N–H and O–H groups in total. The molecule has 3 aromatic rings. The molecule has 0 saturated carbocycles. The highest BCUT2D eigenvalue weighted by molar-refractivity contribution is 7.99. The molecule has 0 radical (unpaired) electrons. The van der Waals surface area contributed by atoms with Gasteiger partial charge in [0.25, 0.3) is 0 Å². The first-order valence-corrected chi connectivity index (χ1v) is 7.19. The fourth-order valence-electron chi connectivity index (χ4n) is 2.23. The molecule has 0 saturated heterocycles. The Morgan fingerprint density at radius 3 is 2.70 bits per heavy atom. The van der Waals surface area contributed by atoms with Crippen molar-refractivity contribution in [2.45, 2.75) is 22.9 Å². The SMILES string of the molecule is C[C@@H](O)c1c(F)cccc1Sc1cc2ccccc2[nH]1. The van der Waals surface area contributed by atoms with Gasteiger partial charge in [0, 0.05) is 21.4 Å². The van der Waals surface area contributed by atoms with Crippen LogP contribution in [0.4, 0.5) is 4.39 Å². The summed E-state index contributed by atoms with van der Waals surface area (Å²) in [7, 11) is 0. The van der Waals surface area contributed by atoms with E-state index in [-0.39, 0.29) is 5.82 Å². The molecule has 1 aromatic heterocycles. The highest BCUT2D eigenvalue weighted by Crippen LogP contribution is 2.35. The van der Waals surface area contributed by atoms with E-state index in [9.17, 15) is 9.50 Å². The smallest absolute Gasteiger partial charge is 0.130 e. The first-order valence-electron chi connectivity index (χ1n) is 6.37. The van der Waals surface area contributed by atoms with Gasteiger partial charge in [0.2, 0.25) is 0 Å². The standard InChI is InChI=1S/C16H14FNOS/c1-10(19)16-12(17)6-4-8-14(16)20-15-9-11-5-2-3-7-13(11)18-15/h2-10,18-19H,1H3/t10-/m1/s1. The molecule has 4 heteroatoms. The van der Waals surface area contributed by atoms with Crippen molar-refractivity contribution < 1.29 is 9.50 Å². The van der Waals surface area contributed by atoms with Crippen LogP contribution >= 0.6 is 11.8 Å². The number of halogens is 1. The molecule has 2 nitrogen and oxygen atoms in total. The highest BCUT2D eigenvalue weighted by Gasteiger charge is 2.15. The van der Waals surface area contributed by atoms with Crippen LogP contribution in [0.3, 0.4) is 0 Å². The lowest BCUT2D eigenvalue weighted by molar-refractivity contribution is 0.191. The minimum atomic E-state index is -0.830. The quantitative estimate of drug-likeness (QED) is 0.743. The summed E-state index contributed by atoms with van der Waals surface area (Å²) >= 11 is 1.43. The predicted octanol–water partition coefficient (Wildman–Crippen LogP) is 4.51. The Bertz CT molecular complexity index is 718. The number of para-hydroxylation sites is 1. The Hall–Kier alpha value is -1.78. The first-order chi connectivity index (χ1) is 9.65. The zero-order chi connectivity index (χ0) is 14.1. The van der Waals surface area contributed by atoms with Crippen molar-refractivity contribution in [3.63, 3.8) is 0 Å². The highest BCUT2D eigenvalue weighted by atomic mass is 32.2. The van der Waals surface area contributed by atoms with Crippen LogP contribution < -0.4 is 0 Å². The molecule has 2 aromatic carbocycles. The Morgan fingerprint density at radius 1 is 1.15 bits per heavy atom. The summed E-state index contributed by atoms with van der Waals surface area (Å²) in [6.45, 7) is 1.58. The molecule has 3 rings (SSSR count). The molecule has 0 aliphatic rings. The Kier molecular flexibility index (Phi) is 3.51. The summed E-state index contributed by atoms with van der Waals surface area (Å²) in [4.78, 5) is 4.02. The van der Waals surface area contributed by atoms with Crippen LogP contribution in [-0.2, 0) is 0 Å². The van der Waals surface area contributed by atoms with Gasteiger partial charge in [0.15, 0.2) is 0 Å². The van der Waals surface area contributed by atoms with Crippen molar-refractivity contribution in [2.75, 3.05) is 0 Å². The van der Waals surface area contributed by atoms with Gasteiger partial charge >= 0.3 is 0 Å². The Morgan fingerprint density at radius 2 is 1.95 bits per heavy atom. The summed E-state index contributed by atoms with van der Waals surface area (Å²) in [5.74, 6) is -0.374. The minimum absolute atomic E-state index is 0.344. The van der Waals surface area contributed by atoms with Gasteiger partial charge in [0.1, 0.15) is 5.82 Å². The fraction of sp³-hybridized carbons (Fsp3) is 0.125. The van der Waals surface area contributed by atoms with E-state index in [0.717, 1.165) is 20.8 Å². The van der Waals surface area contributed by atoms with Crippen molar-refractivity contribution in [3.8, 4) is 0 Å². The van der Waals surface area contributed by atoms with Crippen LogP contribution in [0.2, 0.25) is 0 Å². The van der Waals surface area contributed by atoms with Gasteiger partial charge in [-0.2, -0.15) is 0 Å². The normalized spacial score (nSPS) is 12.8. The molecule has 0 fully saturated rings. The van der Waals surface area contributed by atoms with Crippen LogP contribution in [0, 0.1) is 5.82 Å². The molecule has 20 heavy (non-hydrogen) atoms. The van der Waals surface area contributed by atoms with E-state index in [1.54, 1.807) is 13.0 Å². The van der Waals surface area contributed by atoms with E-state index < -0.39 is 6.10 Å². The number of rotatable bonds is 3. The average Bonchev–Trinajstić information content (AvgIpc) is 2.80. The van der Waals surface area contributed by atoms with Crippen molar-refractivity contribution in [1.82, 2.24) is 4.98 Å². The summed E-state index contributed by atoms with van der Waals surface area (Å²) in [6, 6.07) is 14.9. The topological polar surface area (TPSA) is 36.0 Å². The zero-order valence-electron chi connectivity index (χ0n) is 10.9. The van der Waals surface area contributed by atoms with E-state index in [4.69, 9.17) is 0 Å². The van der Waals surface area contributed by atoms with Gasteiger partial charge in [-0.15, -0.1) is 0 Å². The van der Waals surface area contributed by atoms with Gasteiger partial charge in [-0.25, -0.2) is 4.39 Å². The van der Waals surface area contributed by atoms with Crippen LogP contribution in [-0.4, -0.2) is 10.1 Å². The maximum atomic E-state index is 13.8. The van der Waals surface area contributed by atoms with E-state index in [1.165, 1.54) is 17.8 Å². The number of hydrogen-bond donors (Lipinski definition) is 2. The van der Waals surface area contributed by atoms with Gasteiger partial charge < -0.3 is 10.1 Å². The fourth-order valence-corrected chi connectivity index (χ4v) is 3.34. The zero-order valence-corrected chi connectivity index (χ0v) is 11.7. The molecule has 1 atom stereocenters. The number of aliphatic hydroxyl groups is 1. The molecule has 0 aliphatic carbocycles. The molecule has 0 bridgehead atoms. The van der Waals surface area contributed by atoms with E-state index >= 15 is 0 Å². The number of aromatic nitrogens is 1. The largest absolute Gasteiger partial charge is 0.389 e. The molecule has 102 valence electrons. The van der Waals surface area contributed by atoms with Crippen LogP contribution in [0.1, 0.15) is 18.6 Å². The Labute approximate surface area is 120 Å². The number of aromatic amines is 1. The van der Waals surface area contributed by atoms with Crippen LogP contribution in [0.5, 0.6) is 0 Å². The van der Waals surface area contributed by atoms with E-state index in [1.807, 2.05) is 36.4 Å². The number of aliphatic hydroxyl groups excluding tert-OH is 1. The molecule has 0 unspecified atom stereocenters. The van der Waals surface area contributed by atoms with Gasteiger partial charge in [-0.05, 0) is 31.2 Å². The number of nitrogens with one attached hydrogen (secondary N) is 1. The minimum Gasteiger partial charge on any atom is -0.389 e. The average molecular weight is 287 g/mol. The molecule has 0 amide bonds. The third-order valence-electron chi connectivity index (χ3n) is 3.16. The Balaban J connectivity index is 2.00. The second-order valence-corrected chi connectivity index (χ2v) is 5.73. The lowest BCUT2D eigenvalue weighted by atomic mass is 10.1. The van der Waals surface area contributed by atoms with Gasteiger partial charge in [0.05, 0.1) is 11.1 Å². The van der Waals surface area contributed by atoms with Gasteiger partial charge in [-0.1, -0.05) is 36.0 Å².